The first-order valence-electron chi connectivity index (χ1n) is 6.18. The van der Waals surface area contributed by atoms with E-state index in [0.717, 1.165) is 5.75 Å². The van der Waals surface area contributed by atoms with Gasteiger partial charge in [-0.25, -0.2) is 0 Å². The number of hydrogen-bond acceptors (Lipinski definition) is 2. The smallest absolute Gasteiger partial charge is 0.174 e. The Morgan fingerprint density at radius 1 is 1.15 bits per heavy atom. The fourth-order valence-electron chi connectivity index (χ4n) is 1.82. The maximum atomic E-state index is 12.1. The Labute approximate surface area is 133 Å². The number of Topliss-reactive ketones (excluding diaryl/α,β-unsaturated/α-hetero) is 1. The Balaban J connectivity index is 1.94. The van der Waals surface area contributed by atoms with E-state index in [0.29, 0.717) is 21.4 Å². The van der Waals surface area contributed by atoms with Gasteiger partial charge in [0.2, 0.25) is 0 Å². The van der Waals surface area contributed by atoms with Crippen LogP contribution < -0.4 is 0 Å². The second kappa shape index (κ2) is 7.16. The molecule has 0 saturated carbocycles. The Hall–Kier alpha value is -0.960. The van der Waals surface area contributed by atoms with E-state index in [2.05, 4.69) is 19.1 Å². The van der Waals surface area contributed by atoms with Crippen molar-refractivity contribution >= 4 is 40.7 Å². The molecule has 0 radical (unpaired) electrons. The first-order valence-corrected chi connectivity index (χ1v) is 8.09. The Morgan fingerprint density at radius 2 is 1.90 bits per heavy atom. The second-order valence-electron chi connectivity index (χ2n) is 4.47. The minimum absolute atomic E-state index is 0.0326. The SMILES string of the molecule is Cc1ccccc1CSCC(=O)c1ccc(Cl)cc1Cl. The lowest BCUT2D eigenvalue weighted by atomic mass is 10.1. The van der Waals surface area contributed by atoms with E-state index >= 15 is 0 Å². The van der Waals surface area contributed by atoms with Crippen molar-refractivity contribution in [1.29, 1.82) is 0 Å². The molecule has 2 aromatic carbocycles. The van der Waals surface area contributed by atoms with Gasteiger partial charge in [0, 0.05) is 16.3 Å². The van der Waals surface area contributed by atoms with Gasteiger partial charge in [-0.1, -0.05) is 47.5 Å². The summed E-state index contributed by atoms with van der Waals surface area (Å²) in [6, 6.07) is 13.2. The van der Waals surface area contributed by atoms with Gasteiger partial charge in [-0.2, -0.15) is 0 Å². The zero-order chi connectivity index (χ0) is 14.5. The van der Waals surface area contributed by atoms with E-state index < -0.39 is 0 Å². The van der Waals surface area contributed by atoms with Crippen LogP contribution in [0.3, 0.4) is 0 Å². The number of thioether (sulfide) groups is 1. The third kappa shape index (κ3) is 4.02. The zero-order valence-electron chi connectivity index (χ0n) is 11.0. The summed E-state index contributed by atoms with van der Waals surface area (Å²) in [4.78, 5) is 12.1. The molecule has 0 saturated heterocycles. The van der Waals surface area contributed by atoms with E-state index in [9.17, 15) is 4.79 Å². The van der Waals surface area contributed by atoms with E-state index in [1.165, 1.54) is 11.1 Å². The molecule has 20 heavy (non-hydrogen) atoms. The number of carbonyl (C=O) groups is 1. The summed E-state index contributed by atoms with van der Waals surface area (Å²) in [5, 5.41) is 0.957. The summed E-state index contributed by atoms with van der Waals surface area (Å²) in [6.07, 6.45) is 0. The summed E-state index contributed by atoms with van der Waals surface area (Å²) in [5.41, 5.74) is 3.04. The van der Waals surface area contributed by atoms with Gasteiger partial charge in [-0.05, 0) is 36.2 Å². The van der Waals surface area contributed by atoms with Gasteiger partial charge in [0.1, 0.15) is 0 Å². The molecule has 4 heteroatoms. The molecule has 2 aromatic rings. The normalized spacial score (nSPS) is 10.6. The highest BCUT2D eigenvalue weighted by molar-refractivity contribution is 7.99. The van der Waals surface area contributed by atoms with E-state index in [1.54, 1.807) is 30.0 Å². The molecule has 0 N–H and O–H groups in total. The van der Waals surface area contributed by atoms with Gasteiger partial charge in [0.15, 0.2) is 5.78 Å². The summed E-state index contributed by atoms with van der Waals surface area (Å²) >= 11 is 13.4. The maximum Gasteiger partial charge on any atom is 0.174 e. The standard InChI is InChI=1S/C16H14Cl2OS/c1-11-4-2-3-5-12(11)9-20-10-16(19)14-7-6-13(17)8-15(14)18/h2-8H,9-10H2,1H3. The molecule has 2 rings (SSSR count). The molecule has 0 bridgehead atoms. The van der Waals surface area contributed by atoms with Crippen LogP contribution in [0.4, 0.5) is 0 Å². The van der Waals surface area contributed by atoms with Gasteiger partial charge in [0.05, 0.1) is 10.8 Å². The molecule has 0 atom stereocenters. The number of ketones is 1. The zero-order valence-corrected chi connectivity index (χ0v) is 13.4. The molecule has 104 valence electrons. The van der Waals surface area contributed by atoms with Crippen LogP contribution in [0.25, 0.3) is 0 Å². The highest BCUT2D eigenvalue weighted by atomic mass is 35.5. The van der Waals surface area contributed by atoms with Gasteiger partial charge in [0.25, 0.3) is 0 Å². The minimum Gasteiger partial charge on any atom is -0.293 e. The largest absolute Gasteiger partial charge is 0.293 e. The van der Waals surface area contributed by atoms with Crippen molar-refractivity contribution in [1.82, 2.24) is 0 Å². The van der Waals surface area contributed by atoms with Crippen molar-refractivity contribution in [3.8, 4) is 0 Å². The van der Waals surface area contributed by atoms with Crippen LogP contribution in [0.1, 0.15) is 21.5 Å². The highest BCUT2D eigenvalue weighted by Gasteiger charge is 2.11. The van der Waals surface area contributed by atoms with Crippen LogP contribution in [0.5, 0.6) is 0 Å². The van der Waals surface area contributed by atoms with Crippen molar-refractivity contribution in [2.45, 2.75) is 12.7 Å². The first-order chi connectivity index (χ1) is 9.58. The Morgan fingerprint density at radius 3 is 2.60 bits per heavy atom. The predicted molar refractivity (Wildman–Crippen MR) is 88.1 cm³/mol. The minimum atomic E-state index is 0.0326. The molecule has 0 fully saturated rings. The topological polar surface area (TPSA) is 17.1 Å². The average Bonchev–Trinajstić information content (AvgIpc) is 2.40. The van der Waals surface area contributed by atoms with Gasteiger partial charge in [-0.3, -0.25) is 4.79 Å². The molecule has 1 nitrogen and oxygen atoms in total. The third-order valence-electron chi connectivity index (χ3n) is 2.98. The lowest BCUT2D eigenvalue weighted by Gasteiger charge is -2.06. The van der Waals surface area contributed by atoms with Crippen molar-refractivity contribution in [2.75, 3.05) is 5.75 Å². The van der Waals surface area contributed by atoms with Gasteiger partial charge >= 0.3 is 0 Å². The second-order valence-corrected chi connectivity index (χ2v) is 6.30. The van der Waals surface area contributed by atoms with Crippen molar-refractivity contribution in [3.63, 3.8) is 0 Å². The molecule has 0 spiro atoms. The summed E-state index contributed by atoms with van der Waals surface area (Å²) in [6.45, 7) is 2.08. The van der Waals surface area contributed by atoms with Crippen LogP contribution in [0.15, 0.2) is 42.5 Å². The molecule has 0 aliphatic carbocycles. The molecule has 0 aromatic heterocycles. The average molecular weight is 325 g/mol. The number of rotatable bonds is 5. The molecular formula is C16H14Cl2OS. The lowest BCUT2D eigenvalue weighted by Crippen LogP contribution is -2.03. The van der Waals surface area contributed by atoms with Crippen molar-refractivity contribution in [3.05, 3.63) is 69.2 Å². The summed E-state index contributed by atoms with van der Waals surface area (Å²) in [5.74, 6) is 1.27. The quantitative estimate of drug-likeness (QED) is 0.683. The fraction of sp³-hybridized carbons (Fsp3) is 0.188. The molecule has 0 unspecified atom stereocenters. The maximum absolute atomic E-state index is 12.1. The number of carbonyl (C=O) groups excluding carboxylic acids is 1. The van der Waals surface area contributed by atoms with Gasteiger partial charge < -0.3 is 0 Å². The van der Waals surface area contributed by atoms with Crippen LogP contribution in [0, 0.1) is 6.92 Å². The van der Waals surface area contributed by atoms with Crippen LogP contribution >= 0.6 is 35.0 Å². The summed E-state index contributed by atoms with van der Waals surface area (Å²) < 4.78 is 0. The molecule has 0 amide bonds. The number of benzene rings is 2. The van der Waals surface area contributed by atoms with Crippen molar-refractivity contribution in [2.24, 2.45) is 0 Å². The van der Waals surface area contributed by atoms with Crippen LogP contribution in [0.2, 0.25) is 10.0 Å². The number of aryl methyl sites for hydroxylation is 1. The number of halogens is 2. The highest BCUT2D eigenvalue weighted by Crippen LogP contribution is 2.23. The van der Waals surface area contributed by atoms with Crippen molar-refractivity contribution < 1.29 is 4.79 Å². The molecular weight excluding hydrogens is 311 g/mol. The lowest BCUT2D eigenvalue weighted by molar-refractivity contribution is 0.102. The van der Waals surface area contributed by atoms with Crippen LogP contribution in [-0.2, 0) is 5.75 Å². The Kier molecular flexibility index (Phi) is 5.53. The Bertz CT molecular complexity index is 626. The monoisotopic (exact) mass is 324 g/mol. The molecule has 0 aliphatic rings. The molecule has 0 heterocycles. The number of hydrogen-bond donors (Lipinski definition) is 0. The van der Waals surface area contributed by atoms with Crippen LogP contribution in [-0.4, -0.2) is 11.5 Å². The van der Waals surface area contributed by atoms with Gasteiger partial charge in [-0.15, -0.1) is 11.8 Å². The predicted octanol–water partition coefficient (Wildman–Crippen LogP) is 5.42. The van der Waals surface area contributed by atoms with E-state index in [-0.39, 0.29) is 5.78 Å². The van der Waals surface area contributed by atoms with E-state index in [4.69, 9.17) is 23.2 Å². The van der Waals surface area contributed by atoms with E-state index in [1.807, 2.05) is 12.1 Å². The fourth-order valence-corrected chi connectivity index (χ4v) is 3.32. The summed E-state index contributed by atoms with van der Waals surface area (Å²) in [7, 11) is 0. The molecule has 0 aliphatic heterocycles. The first kappa shape index (κ1) is 15.4. The third-order valence-corrected chi connectivity index (χ3v) is 4.51.